The molecule has 0 fully saturated rings. The Balaban J connectivity index is 3.64. The standard InChI is InChI=1S/C13H27BrO/c1-12(2,3)11(14)9-7-8-10-13(4,5)15-6/h11H,7-10H2,1-6H3. The summed E-state index contributed by atoms with van der Waals surface area (Å²) in [5.74, 6) is 0. The molecular weight excluding hydrogens is 252 g/mol. The molecule has 0 aliphatic rings. The molecule has 1 unspecified atom stereocenters. The van der Waals surface area contributed by atoms with Crippen LogP contribution in [-0.2, 0) is 4.74 Å². The zero-order valence-electron chi connectivity index (χ0n) is 11.2. The molecule has 92 valence electrons. The van der Waals surface area contributed by atoms with Crippen LogP contribution in [0.1, 0.15) is 60.3 Å². The second-order valence-corrected chi connectivity index (χ2v) is 7.15. The Labute approximate surface area is 104 Å². The molecule has 0 saturated carbocycles. The topological polar surface area (TPSA) is 9.23 Å². The van der Waals surface area contributed by atoms with Crippen LogP contribution in [0, 0.1) is 5.41 Å². The summed E-state index contributed by atoms with van der Waals surface area (Å²) in [6, 6.07) is 0. The van der Waals surface area contributed by atoms with E-state index in [1.54, 1.807) is 7.11 Å². The number of hydrogen-bond acceptors (Lipinski definition) is 1. The SMILES string of the molecule is COC(C)(C)CCCCC(Br)C(C)(C)C. The molecule has 0 N–H and O–H groups in total. The predicted molar refractivity (Wildman–Crippen MR) is 71.7 cm³/mol. The number of ether oxygens (including phenoxy) is 1. The van der Waals surface area contributed by atoms with E-state index in [0.29, 0.717) is 10.2 Å². The van der Waals surface area contributed by atoms with Gasteiger partial charge >= 0.3 is 0 Å². The fourth-order valence-electron chi connectivity index (χ4n) is 1.41. The van der Waals surface area contributed by atoms with E-state index in [2.05, 4.69) is 50.5 Å². The first-order valence-corrected chi connectivity index (χ1v) is 6.80. The van der Waals surface area contributed by atoms with Crippen LogP contribution in [-0.4, -0.2) is 17.5 Å². The van der Waals surface area contributed by atoms with Crippen LogP contribution < -0.4 is 0 Å². The highest BCUT2D eigenvalue weighted by Gasteiger charge is 2.21. The van der Waals surface area contributed by atoms with Gasteiger partial charge in [-0.15, -0.1) is 0 Å². The second kappa shape index (κ2) is 6.24. The lowest BCUT2D eigenvalue weighted by Crippen LogP contribution is -2.23. The summed E-state index contributed by atoms with van der Waals surface area (Å²) in [4.78, 5) is 0.621. The van der Waals surface area contributed by atoms with Crippen molar-refractivity contribution in [1.29, 1.82) is 0 Å². The highest BCUT2D eigenvalue weighted by atomic mass is 79.9. The van der Waals surface area contributed by atoms with Gasteiger partial charge in [-0.2, -0.15) is 0 Å². The zero-order valence-corrected chi connectivity index (χ0v) is 12.8. The van der Waals surface area contributed by atoms with Crippen LogP contribution in [0.5, 0.6) is 0 Å². The molecule has 0 aliphatic carbocycles. The summed E-state index contributed by atoms with van der Waals surface area (Å²) < 4.78 is 5.40. The van der Waals surface area contributed by atoms with Crippen molar-refractivity contribution in [3.05, 3.63) is 0 Å². The van der Waals surface area contributed by atoms with Gasteiger partial charge in [-0.25, -0.2) is 0 Å². The van der Waals surface area contributed by atoms with Gasteiger partial charge in [-0.3, -0.25) is 0 Å². The number of alkyl halides is 1. The Morgan fingerprint density at radius 1 is 1.07 bits per heavy atom. The molecule has 0 bridgehead atoms. The summed E-state index contributed by atoms with van der Waals surface area (Å²) >= 11 is 3.76. The molecule has 0 spiro atoms. The summed E-state index contributed by atoms with van der Waals surface area (Å²) in [7, 11) is 1.79. The highest BCUT2D eigenvalue weighted by molar-refractivity contribution is 9.09. The van der Waals surface area contributed by atoms with Crippen molar-refractivity contribution in [1.82, 2.24) is 0 Å². The molecule has 0 heterocycles. The molecule has 0 aromatic heterocycles. The largest absolute Gasteiger partial charge is 0.379 e. The zero-order chi connectivity index (χ0) is 12.1. The monoisotopic (exact) mass is 278 g/mol. The third-order valence-corrected chi connectivity index (χ3v) is 4.81. The van der Waals surface area contributed by atoms with Crippen molar-refractivity contribution in [3.8, 4) is 0 Å². The molecule has 0 radical (unpaired) electrons. The van der Waals surface area contributed by atoms with Crippen LogP contribution in [0.15, 0.2) is 0 Å². The molecule has 15 heavy (non-hydrogen) atoms. The fourth-order valence-corrected chi connectivity index (χ4v) is 1.73. The average molecular weight is 279 g/mol. The molecule has 0 aromatic carbocycles. The number of unbranched alkanes of at least 4 members (excludes halogenated alkanes) is 1. The van der Waals surface area contributed by atoms with E-state index in [-0.39, 0.29) is 5.60 Å². The van der Waals surface area contributed by atoms with Crippen LogP contribution in [0.2, 0.25) is 0 Å². The Morgan fingerprint density at radius 2 is 1.60 bits per heavy atom. The van der Waals surface area contributed by atoms with Crippen LogP contribution in [0.25, 0.3) is 0 Å². The van der Waals surface area contributed by atoms with Crippen molar-refractivity contribution in [2.45, 2.75) is 70.7 Å². The van der Waals surface area contributed by atoms with Crippen molar-refractivity contribution in [2.24, 2.45) is 5.41 Å². The van der Waals surface area contributed by atoms with Crippen LogP contribution in [0.3, 0.4) is 0 Å². The fraction of sp³-hybridized carbons (Fsp3) is 1.00. The molecule has 0 rings (SSSR count). The van der Waals surface area contributed by atoms with Crippen molar-refractivity contribution in [3.63, 3.8) is 0 Å². The van der Waals surface area contributed by atoms with Gasteiger partial charge in [0.05, 0.1) is 5.60 Å². The number of methoxy groups -OCH3 is 1. The van der Waals surface area contributed by atoms with Gasteiger partial charge in [0.2, 0.25) is 0 Å². The summed E-state index contributed by atoms with van der Waals surface area (Å²) in [6.07, 6.45) is 4.93. The van der Waals surface area contributed by atoms with Crippen molar-refractivity contribution >= 4 is 15.9 Å². The minimum atomic E-state index is 0.0452. The predicted octanol–water partition coefficient (Wildman–Crippen LogP) is 4.78. The van der Waals surface area contributed by atoms with Crippen LogP contribution in [0.4, 0.5) is 0 Å². The first-order chi connectivity index (χ1) is 6.69. The molecule has 1 atom stereocenters. The molecular formula is C13H27BrO. The van der Waals surface area contributed by atoms with E-state index < -0.39 is 0 Å². The van der Waals surface area contributed by atoms with Gasteiger partial charge in [0.25, 0.3) is 0 Å². The van der Waals surface area contributed by atoms with Gasteiger partial charge in [0.15, 0.2) is 0 Å². The maximum atomic E-state index is 5.40. The Hall–Kier alpha value is 0.440. The lowest BCUT2D eigenvalue weighted by molar-refractivity contribution is 0.0133. The Bertz CT molecular complexity index is 170. The van der Waals surface area contributed by atoms with E-state index in [1.807, 2.05) is 0 Å². The minimum Gasteiger partial charge on any atom is -0.379 e. The first-order valence-electron chi connectivity index (χ1n) is 5.88. The quantitative estimate of drug-likeness (QED) is 0.502. The maximum absolute atomic E-state index is 5.40. The van der Waals surface area contributed by atoms with Crippen molar-refractivity contribution in [2.75, 3.05) is 7.11 Å². The number of hydrogen-bond donors (Lipinski definition) is 0. The van der Waals surface area contributed by atoms with Crippen molar-refractivity contribution < 1.29 is 4.74 Å². The van der Waals surface area contributed by atoms with Crippen LogP contribution >= 0.6 is 15.9 Å². The number of rotatable bonds is 6. The van der Waals surface area contributed by atoms with Gasteiger partial charge in [0.1, 0.15) is 0 Å². The van der Waals surface area contributed by atoms with Gasteiger partial charge in [0, 0.05) is 11.9 Å². The third kappa shape index (κ3) is 7.35. The lowest BCUT2D eigenvalue weighted by Gasteiger charge is -2.26. The van der Waals surface area contributed by atoms with E-state index in [9.17, 15) is 0 Å². The lowest BCUT2D eigenvalue weighted by atomic mass is 9.88. The molecule has 0 aliphatic heterocycles. The Kier molecular flexibility index (Phi) is 6.43. The minimum absolute atomic E-state index is 0.0452. The first kappa shape index (κ1) is 15.4. The smallest absolute Gasteiger partial charge is 0.0622 e. The second-order valence-electron chi connectivity index (χ2n) is 6.04. The number of halogens is 1. The van der Waals surface area contributed by atoms with Gasteiger partial charge in [-0.1, -0.05) is 49.5 Å². The third-order valence-electron chi connectivity index (χ3n) is 2.98. The van der Waals surface area contributed by atoms with E-state index in [1.165, 1.54) is 19.3 Å². The maximum Gasteiger partial charge on any atom is 0.0622 e. The summed E-state index contributed by atoms with van der Waals surface area (Å²) in [6.45, 7) is 11.2. The van der Waals surface area contributed by atoms with E-state index in [0.717, 1.165) is 6.42 Å². The molecule has 0 aromatic rings. The molecule has 1 nitrogen and oxygen atoms in total. The average Bonchev–Trinajstić information content (AvgIpc) is 2.10. The van der Waals surface area contributed by atoms with Gasteiger partial charge in [-0.05, 0) is 32.1 Å². The normalized spacial score (nSPS) is 15.4. The van der Waals surface area contributed by atoms with E-state index in [4.69, 9.17) is 4.74 Å². The molecule has 0 saturated heterocycles. The Morgan fingerprint density at radius 3 is 2.00 bits per heavy atom. The van der Waals surface area contributed by atoms with Gasteiger partial charge < -0.3 is 4.74 Å². The molecule has 2 heteroatoms. The summed E-state index contributed by atoms with van der Waals surface area (Å²) in [5, 5.41) is 0. The molecule has 0 amide bonds. The van der Waals surface area contributed by atoms with E-state index >= 15 is 0 Å². The summed E-state index contributed by atoms with van der Waals surface area (Å²) in [5.41, 5.74) is 0.417. The highest BCUT2D eigenvalue weighted by Crippen LogP contribution is 2.30.